The molecule has 4 aromatic rings. The number of halogens is 1. The summed E-state index contributed by atoms with van der Waals surface area (Å²) in [6, 6.07) is 10.1. The summed E-state index contributed by atoms with van der Waals surface area (Å²) < 4.78 is 19.3. The van der Waals surface area contributed by atoms with Gasteiger partial charge in [0.1, 0.15) is 5.69 Å². The number of rotatable bonds is 3. The summed E-state index contributed by atoms with van der Waals surface area (Å²) in [5.74, 6) is -0.879. The summed E-state index contributed by atoms with van der Waals surface area (Å²) in [5.41, 5.74) is 2.07. The third-order valence-electron chi connectivity index (χ3n) is 3.77. The molecule has 0 atom stereocenters. The van der Waals surface area contributed by atoms with Crippen molar-refractivity contribution in [1.29, 1.82) is 0 Å². The Labute approximate surface area is 146 Å². The molecule has 0 saturated heterocycles. The van der Waals surface area contributed by atoms with E-state index in [1.807, 2.05) is 23.6 Å². The number of furan rings is 1. The van der Waals surface area contributed by atoms with Crippen LogP contribution in [0, 0.1) is 12.7 Å². The topological polar surface area (TPSA) is 68.0 Å². The van der Waals surface area contributed by atoms with Gasteiger partial charge >= 0.3 is 0 Å². The van der Waals surface area contributed by atoms with Crippen molar-refractivity contribution in [1.82, 2.24) is 9.97 Å². The Balaban J connectivity index is 1.62. The van der Waals surface area contributed by atoms with Crippen LogP contribution in [0.3, 0.4) is 0 Å². The molecule has 0 fully saturated rings. The molecule has 5 nitrogen and oxygen atoms in total. The summed E-state index contributed by atoms with van der Waals surface area (Å²) in [7, 11) is 0. The van der Waals surface area contributed by atoms with Gasteiger partial charge in [-0.1, -0.05) is 18.2 Å². The highest BCUT2D eigenvalue weighted by Gasteiger charge is 2.20. The molecule has 0 saturated carbocycles. The molecule has 0 aliphatic carbocycles. The van der Waals surface area contributed by atoms with E-state index in [2.05, 4.69) is 15.3 Å². The van der Waals surface area contributed by atoms with E-state index in [4.69, 9.17) is 4.42 Å². The fraction of sp³-hybridized carbons (Fsp3) is 0.0556. The molecule has 3 heterocycles. The molecular weight excluding hydrogens is 341 g/mol. The van der Waals surface area contributed by atoms with Gasteiger partial charge < -0.3 is 4.42 Å². The minimum Gasteiger partial charge on any atom is -0.448 e. The number of benzene rings is 1. The van der Waals surface area contributed by atoms with Crippen molar-refractivity contribution in [3.8, 4) is 11.4 Å². The minimum atomic E-state index is -0.494. The fourth-order valence-corrected chi connectivity index (χ4v) is 3.24. The van der Waals surface area contributed by atoms with Crippen LogP contribution in [0.25, 0.3) is 22.4 Å². The number of fused-ring (bicyclic) bond motifs is 1. The number of aryl methyl sites for hydroxylation is 1. The molecule has 0 spiro atoms. The largest absolute Gasteiger partial charge is 0.448 e. The second-order valence-electron chi connectivity index (χ2n) is 5.38. The molecule has 4 rings (SSSR count). The molecule has 1 amide bonds. The summed E-state index contributed by atoms with van der Waals surface area (Å²) in [5, 5.41) is 5.51. The number of hydrogen-bond donors (Lipinski definition) is 1. The van der Waals surface area contributed by atoms with Crippen LogP contribution in [-0.2, 0) is 0 Å². The zero-order valence-electron chi connectivity index (χ0n) is 13.1. The summed E-state index contributed by atoms with van der Waals surface area (Å²) in [6.07, 6.45) is 1.68. The van der Waals surface area contributed by atoms with Gasteiger partial charge in [0.05, 0.1) is 5.69 Å². The number of anilines is 1. The number of amides is 1. The predicted molar refractivity (Wildman–Crippen MR) is 94.2 cm³/mol. The third-order valence-corrected chi connectivity index (χ3v) is 4.53. The maximum atomic E-state index is 13.8. The number of nitrogens with one attached hydrogen (secondary N) is 1. The number of nitrogens with zero attached hydrogens (tertiary/aromatic N) is 2. The van der Waals surface area contributed by atoms with Crippen molar-refractivity contribution in [3.05, 3.63) is 65.1 Å². The summed E-state index contributed by atoms with van der Waals surface area (Å²) in [4.78, 5) is 21.1. The highest BCUT2D eigenvalue weighted by molar-refractivity contribution is 7.14. The van der Waals surface area contributed by atoms with E-state index in [-0.39, 0.29) is 11.3 Å². The van der Waals surface area contributed by atoms with E-state index >= 15 is 0 Å². The average molecular weight is 353 g/mol. The van der Waals surface area contributed by atoms with Gasteiger partial charge in [-0.3, -0.25) is 15.1 Å². The van der Waals surface area contributed by atoms with Crippen LogP contribution in [0.1, 0.15) is 16.1 Å². The lowest BCUT2D eigenvalue weighted by Crippen LogP contribution is -2.11. The Kier molecular flexibility index (Phi) is 3.77. The lowest BCUT2D eigenvalue weighted by atomic mass is 10.1. The molecule has 0 aliphatic rings. The molecular formula is C18H12FN3O2S. The van der Waals surface area contributed by atoms with Crippen LogP contribution >= 0.6 is 11.3 Å². The number of hydrogen-bond acceptors (Lipinski definition) is 5. The molecule has 0 bridgehead atoms. The minimum absolute atomic E-state index is 0.0784. The first kappa shape index (κ1) is 15.5. The standard InChI is InChI=1S/C18H12FN3O2S/c1-10-11-5-4-6-12(19)16(11)24-15(10)17(23)22-18-21-14(9-25-18)13-7-2-3-8-20-13/h2-9H,1H3,(H,21,22,23). The van der Waals surface area contributed by atoms with E-state index in [0.29, 0.717) is 21.8 Å². The molecule has 25 heavy (non-hydrogen) atoms. The number of carbonyl (C=O) groups excluding carboxylic acids is 1. The van der Waals surface area contributed by atoms with Crippen LogP contribution in [0.5, 0.6) is 0 Å². The molecule has 0 radical (unpaired) electrons. The zero-order chi connectivity index (χ0) is 17.4. The highest BCUT2D eigenvalue weighted by atomic mass is 32.1. The van der Waals surface area contributed by atoms with Gasteiger partial charge in [0.25, 0.3) is 5.91 Å². The number of carbonyl (C=O) groups is 1. The quantitative estimate of drug-likeness (QED) is 0.582. The molecule has 1 aromatic carbocycles. The molecule has 7 heteroatoms. The maximum Gasteiger partial charge on any atom is 0.293 e. The molecule has 0 unspecified atom stereocenters. The van der Waals surface area contributed by atoms with Gasteiger partial charge in [-0.15, -0.1) is 11.3 Å². The zero-order valence-corrected chi connectivity index (χ0v) is 13.9. The number of aromatic nitrogens is 2. The Morgan fingerprint density at radius 1 is 1.20 bits per heavy atom. The number of pyridine rings is 1. The Morgan fingerprint density at radius 2 is 2.08 bits per heavy atom. The number of para-hydroxylation sites is 1. The van der Waals surface area contributed by atoms with Crippen LogP contribution in [0.2, 0.25) is 0 Å². The van der Waals surface area contributed by atoms with Crippen molar-refractivity contribution in [3.63, 3.8) is 0 Å². The summed E-state index contributed by atoms with van der Waals surface area (Å²) in [6.45, 7) is 1.72. The van der Waals surface area contributed by atoms with Gasteiger partial charge in [-0.25, -0.2) is 9.37 Å². The molecule has 124 valence electrons. The van der Waals surface area contributed by atoms with Crippen molar-refractivity contribution < 1.29 is 13.6 Å². The molecule has 3 aromatic heterocycles. The van der Waals surface area contributed by atoms with Crippen molar-refractivity contribution in [2.45, 2.75) is 6.92 Å². The third kappa shape index (κ3) is 2.78. The first-order valence-corrected chi connectivity index (χ1v) is 8.37. The van der Waals surface area contributed by atoms with Crippen LogP contribution in [0.15, 0.2) is 52.4 Å². The van der Waals surface area contributed by atoms with Gasteiger partial charge in [0.15, 0.2) is 22.3 Å². The Bertz CT molecular complexity index is 1070. The first-order valence-electron chi connectivity index (χ1n) is 7.49. The second kappa shape index (κ2) is 6.10. The first-order chi connectivity index (χ1) is 12.1. The van der Waals surface area contributed by atoms with E-state index in [9.17, 15) is 9.18 Å². The van der Waals surface area contributed by atoms with Gasteiger partial charge in [0, 0.05) is 22.5 Å². The second-order valence-corrected chi connectivity index (χ2v) is 6.24. The average Bonchev–Trinajstić information content (AvgIpc) is 3.22. The summed E-state index contributed by atoms with van der Waals surface area (Å²) >= 11 is 1.28. The Morgan fingerprint density at radius 3 is 2.84 bits per heavy atom. The fourth-order valence-electron chi connectivity index (χ4n) is 2.54. The highest BCUT2D eigenvalue weighted by Crippen LogP contribution is 2.29. The van der Waals surface area contributed by atoms with E-state index < -0.39 is 11.7 Å². The molecule has 0 aliphatic heterocycles. The van der Waals surface area contributed by atoms with E-state index in [0.717, 1.165) is 5.69 Å². The lowest BCUT2D eigenvalue weighted by Gasteiger charge is -1.99. The SMILES string of the molecule is Cc1c(C(=O)Nc2nc(-c3ccccn3)cs2)oc2c(F)cccc12. The van der Waals surface area contributed by atoms with Crippen molar-refractivity contribution in [2.24, 2.45) is 0 Å². The monoisotopic (exact) mass is 353 g/mol. The predicted octanol–water partition coefficient (Wildman–Crippen LogP) is 4.65. The van der Waals surface area contributed by atoms with Crippen molar-refractivity contribution >= 4 is 33.3 Å². The van der Waals surface area contributed by atoms with Crippen LogP contribution < -0.4 is 5.32 Å². The van der Waals surface area contributed by atoms with Gasteiger partial charge in [-0.05, 0) is 25.1 Å². The van der Waals surface area contributed by atoms with Gasteiger partial charge in [0.2, 0.25) is 0 Å². The van der Waals surface area contributed by atoms with Crippen molar-refractivity contribution in [2.75, 3.05) is 5.32 Å². The normalized spacial score (nSPS) is 11.0. The molecule has 1 N–H and O–H groups in total. The Hall–Kier alpha value is -3.06. The smallest absolute Gasteiger partial charge is 0.293 e. The van der Waals surface area contributed by atoms with E-state index in [1.54, 1.807) is 25.3 Å². The maximum absolute atomic E-state index is 13.8. The van der Waals surface area contributed by atoms with Crippen LogP contribution in [-0.4, -0.2) is 15.9 Å². The number of thiazole rings is 1. The lowest BCUT2D eigenvalue weighted by molar-refractivity contribution is 0.0997. The van der Waals surface area contributed by atoms with Crippen LogP contribution in [0.4, 0.5) is 9.52 Å². The van der Waals surface area contributed by atoms with Gasteiger partial charge in [-0.2, -0.15) is 0 Å². The van der Waals surface area contributed by atoms with E-state index in [1.165, 1.54) is 17.4 Å².